The molecule has 2 aromatic carbocycles. The maximum atomic E-state index is 12.4. The lowest BCUT2D eigenvalue weighted by atomic mass is 10.1. The van der Waals surface area contributed by atoms with Crippen molar-refractivity contribution >= 4 is 28.6 Å². The van der Waals surface area contributed by atoms with Crippen molar-refractivity contribution in [2.45, 2.75) is 6.42 Å². The normalized spacial score (nSPS) is 13.2. The first kappa shape index (κ1) is 15.0. The number of carbonyl (C=O) groups excluding carboxylic acids is 3. The summed E-state index contributed by atoms with van der Waals surface area (Å²) in [5, 5.41) is 1.64. The van der Waals surface area contributed by atoms with Crippen LogP contribution in [-0.2, 0) is 11.2 Å². The lowest BCUT2D eigenvalue weighted by Gasteiger charge is -2.15. The van der Waals surface area contributed by atoms with Crippen LogP contribution in [-0.4, -0.2) is 27.7 Å². The van der Waals surface area contributed by atoms with Gasteiger partial charge in [-0.1, -0.05) is 30.3 Å². The maximum absolute atomic E-state index is 12.4. The fraction of sp³-hybridized carbons (Fsp3) is 0.0526. The van der Waals surface area contributed by atoms with Crippen molar-refractivity contribution in [3.05, 3.63) is 77.5 Å². The molecular weight excluding hydrogens is 318 g/mol. The van der Waals surface area contributed by atoms with Gasteiger partial charge in [-0.3, -0.25) is 24.8 Å². The molecule has 25 heavy (non-hydrogen) atoms. The zero-order valence-corrected chi connectivity index (χ0v) is 13.1. The highest BCUT2D eigenvalue weighted by Crippen LogP contribution is 2.21. The first-order valence-corrected chi connectivity index (χ1v) is 7.75. The minimum Gasteiger partial charge on any atom is -0.273 e. The molecule has 3 aromatic rings. The van der Waals surface area contributed by atoms with Gasteiger partial charge in [0.05, 0.1) is 23.1 Å². The molecule has 0 saturated carbocycles. The number of rotatable bonds is 3. The molecule has 1 N–H and O–H groups in total. The molecule has 6 heteroatoms. The maximum Gasteiger partial charge on any atom is 0.280 e. The van der Waals surface area contributed by atoms with Gasteiger partial charge in [-0.2, -0.15) is 5.01 Å². The van der Waals surface area contributed by atoms with Crippen LogP contribution in [0, 0.1) is 0 Å². The van der Waals surface area contributed by atoms with Crippen molar-refractivity contribution in [3.8, 4) is 0 Å². The van der Waals surface area contributed by atoms with Crippen molar-refractivity contribution in [2.24, 2.45) is 0 Å². The van der Waals surface area contributed by atoms with Crippen LogP contribution in [0.5, 0.6) is 0 Å². The molecule has 3 amide bonds. The number of hydrogen-bond donors (Lipinski definition) is 1. The summed E-state index contributed by atoms with van der Waals surface area (Å²) in [6.45, 7) is 0. The Hall–Kier alpha value is -3.54. The third-order valence-electron chi connectivity index (χ3n) is 4.12. The van der Waals surface area contributed by atoms with Gasteiger partial charge in [-0.05, 0) is 29.8 Å². The van der Waals surface area contributed by atoms with Crippen molar-refractivity contribution in [1.82, 2.24) is 15.4 Å². The Labute approximate surface area is 143 Å². The predicted molar refractivity (Wildman–Crippen MR) is 90.5 cm³/mol. The molecule has 6 nitrogen and oxygen atoms in total. The number of pyridine rings is 1. The van der Waals surface area contributed by atoms with E-state index in [4.69, 9.17) is 0 Å². The van der Waals surface area contributed by atoms with Crippen LogP contribution in [0.2, 0.25) is 0 Å². The molecule has 2 heterocycles. The summed E-state index contributed by atoms with van der Waals surface area (Å²) in [5.74, 6) is -1.48. The van der Waals surface area contributed by atoms with Crippen molar-refractivity contribution in [3.63, 3.8) is 0 Å². The summed E-state index contributed by atoms with van der Waals surface area (Å²) in [4.78, 5) is 41.2. The number of nitrogens with one attached hydrogen (secondary N) is 1. The largest absolute Gasteiger partial charge is 0.280 e. The number of nitrogens with zero attached hydrogens (tertiary/aromatic N) is 2. The Morgan fingerprint density at radius 2 is 1.64 bits per heavy atom. The number of imide groups is 1. The van der Waals surface area contributed by atoms with Crippen molar-refractivity contribution < 1.29 is 14.4 Å². The van der Waals surface area contributed by atoms with Gasteiger partial charge in [0.1, 0.15) is 0 Å². The van der Waals surface area contributed by atoms with Crippen LogP contribution in [0.15, 0.2) is 60.8 Å². The van der Waals surface area contributed by atoms with Crippen molar-refractivity contribution in [1.29, 1.82) is 0 Å². The molecule has 0 aliphatic carbocycles. The molecule has 0 unspecified atom stereocenters. The van der Waals surface area contributed by atoms with E-state index in [1.807, 2.05) is 24.3 Å². The van der Waals surface area contributed by atoms with Crippen LogP contribution in [0.3, 0.4) is 0 Å². The topological polar surface area (TPSA) is 79.4 Å². The van der Waals surface area contributed by atoms with Gasteiger partial charge in [0, 0.05) is 11.6 Å². The van der Waals surface area contributed by atoms with Crippen LogP contribution in [0.1, 0.15) is 26.3 Å². The van der Waals surface area contributed by atoms with E-state index in [0.717, 1.165) is 21.5 Å². The third-order valence-corrected chi connectivity index (χ3v) is 4.12. The van der Waals surface area contributed by atoms with Gasteiger partial charge in [0.2, 0.25) is 5.91 Å². The summed E-state index contributed by atoms with van der Waals surface area (Å²) >= 11 is 0. The average molecular weight is 331 g/mol. The van der Waals surface area contributed by atoms with E-state index in [1.54, 1.807) is 36.5 Å². The van der Waals surface area contributed by atoms with Crippen LogP contribution in [0.25, 0.3) is 10.9 Å². The standard InChI is InChI=1S/C19H13N3O3/c23-17(11-12-5-3-9-16-13(12)8-4-10-20-16)21-22-18(24)14-6-1-2-7-15(14)19(22)25/h1-10H,11H2,(H,21,23). The molecule has 0 radical (unpaired) electrons. The minimum absolute atomic E-state index is 0.0381. The second-order valence-electron chi connectivity index (χ2n) is 5.69. The zero-order valence-electron chi connectivity index (χ0n) is 13.1. The number of amides is 3. The molecule has 0 spiro atoms. The Balaban J connectivity index is 1.55. The Morgan fingerprint density at radius 3 is 2.36 bits per heavy atom. The molecule has 0 atom stereocenters. The molecule has 122 valence electrons. The smallest absolute Gasteiger partial charge is 0.273 e. The molecule has 1 aliphatic rings. The zero-order chi connectivity index (χ0) is 17.4. The van der Waals surface area contributed by atoms with E-state index in [-0.39, 0.29) is 6.42 Å². The summed E-state index contributed by atoms with van der Waals surface area (Å²) in [6.07, 6.45) is 1.72. The fourth-order valence-corrected chi connectivity index (χ4v) is 2.95. The van der Waals surface area contributed by atoms with Crippen LogP contribution in [0.4, 0.5) is 0 Å². The quantitative estimate of drug-likeness (QED) is 0.746. The summed E-state index contributed by atoms with van der Waals surface area (Å²) in [6, 6.07) is 15.7. The van der Waals surface area contributed by atoms with E-state index in [9.17, 15) is 14.4 Å². The minimum atomic E-state index is -0.520. The van der Waals surface area contributed by atoms with E-state index in [0.29, 0.717) is 11.1 Å². The molecule has 4 rings (SSSR count). The molecule has 0 fully saturated rings. The highest BCUT2D eigenvalue weighted by molar-refractivity contribution is 6.21. The Morgan fingerprint density at radius 1 is 0.920 bits per heavy atom. The highest BCUT2D eigenvalue weighted by atomic mass is 16.2. The van der Waals surface area contributed by atoms with Gasteiger partial charge in [-0.15, -0.1) is 0 Å². The fourth-order valence-electron chi connectivity index (χ4n) is 2.95. The van der Waals surface area contributed by atoms with Gasteiger partial charge < -0.3 is 0 Å². The number of hydrazine groups is 1. The lowest BCUT2D eigenvalue weighted by Crippen LogP contribution is -2.46. The van der Waals surface area contributed by atoms with Gasteiger partial charge in [0.15, 0.2) is 0 Å². The SMILES string of the molecule is O=C(Cc1cccc2ncccc12)NN1C(=O)c2ccccc2C1=O. The third kappa shape index (κ3) is 2.53. The Bertz CT molecular complexity index is 989. The first-order chi connectivity index (χ1) is 12.1. The van der Waals surface area contributed by atoms with Crippen LogP contribution < -0.4 is 5.43 Å². The number of carbonyl (C=O) groups is 3. The number of aromatic nitrogens is 1. The van der Waals surface area contributed by atoms with Gasteiger partial charge in [0.25, 0.3) is 11.8 Å². The highest BCUT2D eigenvalue weighted by Gasteiger charge is 2.36. The summed E-state index contributed by atoms with van der Waals surface area (Å²) in [5.41, 5.74) is 4.56. The number of hydrogen-bond acceptors (Lipinski definition) is 4. The monoisotopic (exact) mass is 331 g/mol. The summed E-state index contributed by atoms with van der Waals surface area (Å²) < 4.78 is 0. The van der Waals surface area contributed by atoms with Gasteiger partial charge in [-0.25, -0.2) is 0 Å². The molecule has 1 aromatic heterocycles. The molecular formula is C19H13N3O3. The van der Waals surface area contributed by atoms with Crippen molar-refractivity contribution in [2.75, 3.05) is 0 Å². The number of fused-ring (bicyclic) bond motifs is 2. The summed E-state index contributed by atoms with van der Waals surface area (Å²) in [7, 11) is 0. The van der Waals surface area contributed by atoms with E-state index < -0.39 is 17.7 Å². The number of benzene rings is 2. The van der Waals surface area contributed by atoms with Crippen LogP contribution >= 0.6 is 0 Å². The lowest BCUT2D eigenvalue weighted by molar-refractivity contribution is -0.123. The van der Waals surface area contributed by atoms with E-state index in [1.165, 1.54) is 0 Å². The average Bonchev–Trinajstić information content (AvgIpc) is 2.87. The molecule has 0 bridgehead atoms. The van der Waals surface area contributed by atoms with Gasteiger partial charge >= 0.3 is 0 Å². The Kier molecular flexibility index (Phi) is 3.50. The predicted octanol–water partition coefficient (Wildman–Crippen LogP) is 2.10. The second-order valence-corrected chi connectivity index (χ2v) is 5.69. The molecule has 1 aliphatic heterocycles. The van der Waals surface area contributed by atoms with E-state index >= 15 is 0 Å². The molecule has 0 saturated heterocycles. The van der Waals surface area contributed by atoms with E-state index in [2.05, 4.69) is 10.4 Å². The first-order valence-electron chi connectivity index (χ1n) is 7.75. The second kappa shape index (κ2) is 5.83.